The van der Waals surface area contributed by atoms with Crippen molar-refractivity contribution in [2.75, 3.05) is 11.1 Å². The van der Waals surface area contributed by atoms with Gasteiger partial charge in [0.1, 0.15) is 23.5 Å². The van der Waals surface area contributed by atoms with Crippen molar-refractivity contribution in [3.8, 4) is 11.5 Å². The van der Waals surface area contributed by atoms with Crippen molar-refractivity contribution in [2.24, 2.45) is 0 Å². The average Bonchev–Trinajstić information content (AvgIpc) is 3.53. The van der Waals surface area contributed by atoms with E-state index >= 15 is 0 Å². The van der Waals surface area contributed by atoms with Gasteiger partial charge in [0.15, 0.2) is 5.82 Å². The highest BCUT2D eigenvalue weighted by molar-refractivity contribution is 6.35. The minimum atomic E-state index is -0.219. The molecule has 5 rings (SSSR count). The van der Waals surface area contributed by atoms with Crippen LogP contribution in [-0.4, -0.2) is 24.7 Å². The van der Waals surface area contributed by atoms with Crippen LogP contribution in [0.1, 0.15) is 56.7 Å². The lowest BCUT2D eigenvalue weighted by Gasteiger charge is -2.24. The molecule has 0 aliphatic heterocycles. The van der Waals surface area contributed by atoms with Gasteiger partial charge in [-0.3, -0.25) is 4.79 Å². The van der Waals surface area contributed by atoms with E-state index in [2.05, 4.69) is 25.4 Å². The van der Waals surface area contributed by atoms with Gasteiger partial charge in [0.25, 0.3) is 11.4 Å². The minimum absolute atomic E-state index is 0.0669. The summed E-state index contributed by atoms with van der Waals surface area (Å²) in [6.07, 6.45) is 4.65. The first-order valence-corrected chi connectivity index (χ1v) is 11.4. The number of benzene rings is 1. The number of fused-ring (bicyclic) bond motifs is 1. The van der Waals surface area contributed by atoms with Gasteiger partial charge in [0, 0.05) is 18.2 Å². The third-order valence-electron chi connectivity index (χ3n) is 5.92. The molecule has 0 bridgehead atoms. The van der Waals surface area contributed by atoms with Crippen molar-refractivity contribution in [1.82, 2.24) is 24.7 Å². The van der Waals surface area contributed by atoms with E-state index in [9.17, 15) is 4.79 Å². The number of anilines is 2. The van der Waals surface area contributed by atoms with Crippen LogP contribution in [0.25, 0.3) is 22.2 Å². The molecule has 3 aromatic heterocycles. The number of nitrogens with zero attached hydrogens (tertiary/aromatic N) is 5. The number of hydrogen-bond donors (Lipinski definition) is 2. The Balaban J connectivity index is 1.63. The summed E-state index contributed by atoms with van der Waals surface area (Å²) in [4.78, 5) is 26.4. The third kappa shape index (κ3) is 3.82. The lowest BCUT2D eigenvalue weighted by atomic mass is 10.0. The van der Waals surface area contributed by atoms with Gasteiger partial charge in [-0.15, -0.1) is 0 Å². The number of halogens is 1. The molecule has 0 saturated heterocycles. The maximum absolute atomic E-state index is 13.5. The van der Waals surface area contributed by atoms with Gasteiger partial charge < -0.3 is 20.1 Å². The van der Waals surface area contributed by atoms with Gasteiger partial charge in [-0.1, -0.05) is 42.7 Å². The Morgan fingerprint density at radius 1 is 1.30 bits per heavy atom. The van der Waals surface area contributed by atoms with E-state index in [1.54, 1.807) is 6.07 Å². The second kappa shape index (κ2) is 8.47. The first-order valence-electron chi connectivity index (χ1n) is 11.0. The zero-order valence-corrected chi connectivity index (χ0v) is 19.1. The van der Waals surface area contributed by atoms with E-state index in [-0.39, 0.29) is 29.4 Å². The maximum Gasteiger partial charge on any atom is 0.265 e. The van der Waals surface area contributed by atoms with E-state index in [0.29, 0.717) is 40.5 Å². The molecular weight excluding hydrogens is 442 g/mol. The predicted molar refractivity (Wildman–Crippen MR) is 127 cm³/mol. The van der Waals surface area contributed by atoms with Crippen molar-refractivity contribution >= 4 is 34.0 Å². The quantitative estimate of drug-likeness (QED) is 0.407. The zero-order valence-electron chi connectivity index (χ0n) is 18.4. The van der Waals surface area contributed by atoms with Gasteiger partial charge >= 0.3 is 0 Å². The SMILES string of the molecule is CCc1noc(-c2c(N)ncnc2NC(CC)c2cc3cccc(Cl)c3c(=O)n2C2CC2)n1. The van der Waals surface area contributed by atoms with Crippen LogP contribution in [0.3, 0.4) is 0 Å². The normalized spacial score (nSPS) is 14.5. The van der Waals surface area contributed by atoms with Crippen LogP contribution >= 0.6 is 11.6 Å². The first-order chi connectivity index (χ1) is 16.0. The molecule has 4 aromatic rings. The zero-order chi connectivity index (χ0) is 23.1. The summed E-state index contributed by atoms with van der Waals surface area (Å²) in [6, 6.07) is 7.50. The molecule has 1 saturated carbocycles. The lowest BCUT2D eigenvalue weighted by molar-refractivity contribution is 0.423. The number of pyridine rings is 1. The summed E-state index contributed by atoms with van der Waals surface area (Å²) in [6.45, 7) is 3.99. The van der Waals surface area contributed by atoms with Crippen molar-refractivity contribution in [3.63, 3.8) is 0 Å². The second-order valence-corrected chi connectivity index (χ2v) is 8.54. The number of aryl methyl sites for hydroxylation is 1. The molecule has 1 aliphatic rings. The van der Waals surface area contributed by atoms with Crippen LogP contribution in [0.2, 0.25) is 5.02 Å². The summed E-state index contributed by atoms with van der Waals surface area (Å²) >= 11 is 6.39. The Bertz CT molecular complexity index is 1390. The van der Waals surface area contributed by atoms with Crippen molar-refractivity contribution in [1.29, 1.82) is 0 Å². The van der Waals surface area contributed by atoms with E-state index in [0.717, 1.165) is 23.9 Å². The summed E-state index contributed by atoms with van der Waals surface area (Å²) in [5, 5.41) is 9.25. The predicted octanol–water partition coefficient (Wildman–Crippen LogP) is 4.54. The number of hydrogen-bond acceptors (Lipinski definition) is 8. The molecule has 3 N–H and O–H groups in total. The fourth-order valence-corrected chi connectivity index (χ4v) is 4.36. The Hall–Kier alpha value is -3.46. The maximum atomic E-state index is 13.5. The largest absolute Gasteiger partial charge is 0.383 e. The van der Waals surface area contributed by atoms with Crippen molar-refractivity contribution in [2.45, 2.75) is 51.6 Å². The van der Waals surface area contributed by atoms with E-state index in [1.165, 1.54) is 6.33 Å². The fourth-order valence-electron chi connectivity index (χ4n) is 4.10. The van der Waals surface area contributed by atoms with Crippen LogP contribution in [-0.2, 0) is 6.42 Å². The van der Waals surface area contributed by atoms with Gasteiger partial charge in [0.2, 0.25) is 0 Å². The molecule has 1 aliphatic carbocycles. The second-order valence-electron chi connectivity index (χ2n) is 8.14. The topological polar surface area (TPSA) is 125 Å². The fraction of sp³-hybridized carbons (Fsp3) is 0.348. The van der Waals surface area contributed by atoms with E-state index in [1.807, 2.05) is 36.6 Å². The molecule has 33 heavy (non-hydrogen) atoms. The van der Waals surface area contributed by atoms with Crippen LogP contribution in [0.15, 0.2) is 39.9 Å². The number of nitrogen functional groups attached to an aromatic ring is 1. The number of rotatable bonds is 7. The Labute approximate surface area is 195 Å². The summed E-state index contributed by atoms with van der Waals surface area (Å²) in [5.41, 5.74) is 7.44. The molecule has 0 amide bonds. The van der Waals surface area contributed by atoms with Crippen molar-refractivity contribution < 1.29 is 4.52 Å². The molecule has 1 aromatic carbocycles. The Morgan fingerprint density at radius 2 is 2.12 bits per heavy atom. The summed E-state index contributed by atoms with van der Waals surface area (Å²) < 4.78 is 7.29. The Kier molecular flexibility index (Phi) is 5.49. The molecule has 3 heterocycles. The highest BCUT2D eigenvalue weighted by Crippen LogP contribution is 2.39. The van der Waals surface area contributed by atoms with Crippen LogP contribution < -0.4 is 16.6 Å². The summed E-state index contributed by atoms with van der Waals surface area (Å²) in [5.74, 6) is 1.53. The highest BCUT2D eigenvalue weighted by atomic mass is 35.5. The van der Waals surface area contributed by atoms with Gasteiger partial charge in [-0.25, -0.2) is 9.97 Å². The molecule has 0 radical (unpaired) electrons. The molecule has 9 nitrogen and oxygen atoms in total. The van der Waals surface area contributed by atoms with Gasteiger partial charge in [-0.2, -0.15) is 4.98 Å². The molecule has 10 heteroatoms. The minimum Gasteiger partial charge on any atom is -0.383 e. The monoisotopic (exact) mass is 465 g/mol. The number of aromatic nitrogens is 5. The van der Waals surface area contributed by atoms with Crippen LogP contribution in [0, 0.1) is 0 Å². The molecule has 170 valence electrons. The molecule has 1 atom stereocenters. The summed E-state index contributed by atoms with van der Waals surface area (Å²) in [7, 11) is 0. The molecule has 1 fully saturated rings. The van der Waals surface area contributed by atoms with Crippen molar-refractivity contribution in [3.05, 3.63) is 57.5 Å². The van der Waals surface area contributed by atoms with Crippen LogP contribution in [0.4, 0.5) is 11.6 Å². The van der Waals surface area contributed by atoms with Crippen LogP contribution in [0.5, 0.6) is 0 Å². The number of nitrogens with two attached hydrogens (primary N) is 1. The van der Waals surface area contributed by atoms with Gasteiger partial charge in [-0.05, 0) is 36.8 Å². The van der Waals surface area contributed by atoms with E-state index < -0.39 is 0 Å². The third-order valence-corrected chi connectivity index (χ3v) is 6.24. The molecule has 0 spiro atoms. The number of nitrogens with one attached hydrogen (secondary N) is 1. The van der Waals surface area contributed by atoms with E-state index in [4.69, 9.17) is 21.9 Å². The lowest BCUT2D eigenvalue weighted by Crippen LogP contribution is -2.27. The Morgan fingerprint density at radius 3 is 2.82 bits per heavy atom. The van der Waals surface area contributed by atoms with Gasteiger partial charge in [0.05, 0.1) is 16.5 Å². The highest BCUT2D eigenvalue weighted by Gasteiger charge is 2.31. The smallest absolute Gasteiger partial charge is 0.265 e. The molecule has 1 unspecified atom stereocenters. The first kappa shape index (κ1) is 21.4. The standard InChI is InChI=1S/C23H24ClN7O2/c1-3-15(28-21-19(20(25)26-11-27-21)22-29-17(4-2)30-33-22)16-10-12-6-5-7-14(24)18(12)23(32)31(16)13-8-9-13/h5-7,10-11,13,15H,3-4,8-9H2,1-2H3,(H3,25,26,27,28). The molecular formula is C23H24ClN7O2. The average molecular weight is 466 g/mol.